The number of ether oxygens (including phenoxy) is 2. The number of benzene rings is 3. The maximum absolute atomic E-state index is 13.5. The quantitative estimate of drug-likeness (QED) is 0.491. The van der Waals surface area contributed by atoms with Gasteiger partial charge in [0.1, 0.15) is 17.5 Å². The highest BCUT2D eigenvalue weighted by Crippen LogP contribution is 2.30. The number of hydrogen-bond donors (Lipinski definition) is 1. The van der Waals surface area contributed by atoms with Crippen LogP contribution < -0.4 is 19.7 Å². The Labute approximate surface area is 204 Å². The molecule has 1 fully saturated rings. The SMILES string of the molecule is COc1ccc(NC(=O)C[C@H]2C(=O)N(c3cccc(OC)c3)C(=O)N2Cc2ccc(C)cc2)cc1. The van der Waals surface area contributed by atoms with Crippen molar-refractivity contribution in [3.05, 3.63) is 83.9 Å². The van der Waals surface area contributed by atoms with Gasteiger partial charge in [-0.25, -0.2) is 9.69 Å². The third kappa shape index (κ3) is 5.27. The van der Waals surface area contributed by atoms with Crippen molar-refractivity contribution in [2.45, 2.75) is 25.9 Å². The van der Waals surface area contributed by atoms with Gasteiger partial charge in [-0.15, -0.1) is 0 Å². The molecule has 8 heteroatoms. The topological polar surface area (TPSA) is 88.2 Å². The summed E-state index contributed by atoms with van der Waals surface area (Å²) in [6, 6.07) is 19.9. The van der Waals surface area contributed by atoms with E-state index in [1.165, 1.54) is 12.0 Å². The van der Waals surface area contributed by atoms with Crippen molar-refractivity contribution in [2.75, 3.05) is 24.4 Å². The zero-order valence-electron chi connectivity index (χ0n) is 19.9. The molecule has 35 heavy (non-hydrogen) atoms. The molecule has 0 spiro atoms. The van der Waals surface area contributed by atoms with Gasteiger partial charge in [0.2, 0.25) is 5.91 Å². The van der Waals surface area contributed by atoms with E-state index in [1.807, 2.05) is 31.2 Å². The maximum atomic E-state index is 13.5. The molecule has 1 N–H and O–H groups in total. The van der Waals surface area contributed by atoms with Crippen molar-refractivity contribution in [1.82, 2.24) is 4.90 Å². The highest BCUT2D eigenvalue weighted by Gasteiger charge is 2.46. The molecule has 1 aliphatic heterocycles. The summed E-state index contributed by atoms with van der Waals surface area (Å²) in [4.78, 5) is 42.4. The van der Waals surface area contributed by atoms with Gasteiger partial charge in [-0.1, -0.05) is 35.9 Å². The predicted octanol–water partition coefficient (Wildman–Crippen LogP) is 4.38. The minimum absolute atomic E-state index is 0.178. The van der Waals surface area contributed by atoms with E-state index in [9.17, 15) is 14.4 Å². The molecule has 3 aromatic rings. The van der Waals surface area contributed by atoms with Crippen LogP contribution in [0.5, 0.6) is 11.5 Å². The molecule has 0 aromatic heterocycles. The Morgan fingerprint density at radius 2 is 1.60 bits per heavy atom. The van der Waals surface area contributed by atoms with Gasteiger partial charge in [0.15, 0.2) is 0 Å². The van der Waals surface area contributed by atoms with E-state index in [0.29, 0.717) is 22.9 Å². The fraction of sp³-hybridized carbons (Fsp3) is 0.222. The van der Waals surface area contributed by atoms with Gasteiger partial charge in [0.25, 0.3) is 5.91 Å². The summed E-state index contributed by atoms with van der Waals surface area (Å²) >= 11 is 0. The Bertz CT molecular complexity index is 1220. The summed E-state index contributed by atoms with van der Waals surface area (Å²) in [6.07, 6.45) is -0.178. The lowest BCUT2D eigenvalue weighted by atomic mass is 10.1. The molecule has 0 unspecified atom stereocenters. The van der Waals surface area contributed by atoms with Gasteiger partial charge in [-0.05, 0) is 48.9 Å². The number of carbonyl (C=O) groups is 3. The van der Waals surface area contributed by atoms with Crippen molar-refractivity contribution in [3.63, 3.8) is 0 Å². The van der Waals surface area contributed by atoms with Crippen LogP contribution in [-0.4, -0.2) is 43.0 Å². The van der Waals surface area contributed by atoms with E-state index in [4.69, 9.17) is 9.47 Å². The Hall–Kier alpha value is -4.33. The van der Waals surface area contributed by atoms with Crippen molar-refractivity contribution < 1.29 is 23.9 Å². The molecule has 4 amide bonds. The Balaban J connectivity index is 1.59. The van der Waals surface area contributed by atoms with Crippen LogP contribution in [0.1, 0.15) is 17.5 Å². The van der Waals surface area contributed by atoms with Gasteiger partial charge >= 0.3 is 6.03 Å². The number of rotatable bonds is 8. The molecule has 0 aliphatic carbocycles. The molecular weight excluding hydrogens is 446 g/mol. The van der Waals surface area contributed by atoms with Crippen molar-refractivity contribution in [2.24, 2.45) is 0 Å². The third-order valence-electron chi connectivity index (χ3n) is 5.86. The molecule has 4 rings (SSSR count). The summed E-state index contributed by atoms with van der Waals surface area (Å²) in [5, 5.41) is 2.80. The molecule has 1 heterocycles. The predicted molar refractivity (Wildman–Crippen MR) is 133 cm³/mol. The van der Waals surface area contributed by atoms with E-state index in [2.05, 4.69) is 5.32 Å². The van der Waals surface area contributed by atoms with Crippen LogP contribution in [0.4, 0.5) is 16.2 Å². The molecule has 1 atom stereocenters. The summed E-state index contributed by atoms with van der Waals surface area (Å²) in [5.74, 6) is 0.356. The van der Waals surface area contributed by atoms with Crippen LogP contribution in [0, 0.1) is 6.92 Å². The molecule has 180 valence electrons. The standard InChI is InChI=1S/C27H27N3O5/c1-18-7-9-19(10-8-18)17-29-24(16-25(31)28-20-11-13-22(34-2)14-12-20)26(32)30(27(29)33)21-5-4-6-23(15-21)35-3/h4-15,24H,16-17H2,1-3H3,(H,28,31)/t24-/m0/s1. The largest absolute Gasteiger partial charge is 0.497 e. The minimum Gasteiger partial charge on any atom is -0.497 e. The van der Waals surface area contributed by atoms with Gasteiger partial charge in [-0.3, -0.25) is 9.59 Å². The average molecular weight is 474 g/mol. The highest BCUT2D eigenvalue weighted by atomic mass is 16.5. The molecule has 0 saturated carbocycles. The number of nitrogens with zero attached hydrogens (tertiary/aromatic N) is 2. The van der Waals surface area contributed by atoms with Crippen LogP contribution >= 0.6 is 0 Å². The smallest absolute Gasteiger partial charge is 0.332 e. The van der Waals surface area contributed by atoms with Crippen LogP contribution in [0.3, 0.4) is 0 Å². The minimum atomic E-state index is -0.951. The second-order valence-corrected chi connectivity index (χ2v) is 8.27. The number of carbonyl (C=O) groups excluding carboxylic acids is 3. The molecule has 3 aromatic carbocycles. The first-order valence-electron chi connectivity index (χ1n) is 11.2. The third-order valence-corrected chi connectivity index (χ3v) is 5.86. The zero-order valence-corrected chi connectivity index (χ0v) is 19.9. The monoisotopic (exact) mass is 473 g/mol. The number of amides is 4. The lowest BCUT2D eigenvalue weighted by Gasteiger charge is -2.22. The number of urea groups is 1. The number of hydrogen-bond acceptors (Lipinski definition) is 5. The lowest BCUT2D eigenvalue weighted by Crippen LogP contribution is -2.37. The number of imide groups is 1. The Kier molecular flexibility index (Phi) is 7.01. The Morgan fingerprint density at radius 3 is 2.26 bits per heavy atom. The van der Waals surface area contributed by atoms with E-state index in [0.717, 1.165) is 16.0 Å². The summed E-state index contributed by atoms with van der Waals surface area (Å²) in [7, 11) is 3.08. The maximum Gasteiger partial charge on any atom is 0.332 e. The van der Waals surface area contributed by atoms with E-state index >= 15 is 0 Å². The van der Waals surface area contributed by atoms with E-state index < -0.39 is 18.0 Å². The van der Waals surface area contributed by atoms with Gasteiger partial charge in [-0.2, -0.15) is 0 Å². The number of aryl methyl sites for hydroxylation is 1. The molecule has 1 saturated heterocycles. The Morgan fingerprint density at radius 1 is 0.914 bits per heavy atom. The summed E-state index contributed by atoms with van der Waals surface area (Å²) in [6.45, 7) is 2.18. The number of nitrogens with one attached hydrogen (secondary N) is 1. The number of anilines is 2. The summed E-state index contributed by atoms with van der Waals surface area (Å²) in [5.41, 5.74) is 2.92. The summed E-state index contributed by atoms with van der Waals surface area (Å²) < 4.78 is 10.4. The van der Waals surface area contributed by atoms with Gasteiger partial charge in [0, 0.05) is 18.3 Å². The first kappa shape index (κ1) is 23.8. The van der Waals surface area contributed by atoms with Crippen molar-refractivity contribution in [1.29, 1.82) is 0 Å². The fourth-order valence-corrected chi connectivity index (χ4v) is 3.95. The molecule has 0 bridgehead atoms. The second kappa shape index (κ2) is 10.3. The van der Waals surface area contributed by atoms with Gasteiger partial charge in [0.05, 0.1) is 26.3 Å². The van der Waals surface area contributed by atoms with E-state index in [1.54, 1.807) is 55.6 Å². The number of methoxy groups -OCH3 is 2. The first-order valence-corrected chi connectivity index (χ1v) is 11.2. The van der Waals surface area contributed by atoms with Gasteiger partial charge < -0.3 is 19.7 Å². The average Bonchev–Trinajstić information content (AvgIpc) is 3.09. The van der Waals surface area contributed by atoms with Crippen LogP contribution in [0.2, 0.25) is 0 Å². The molecule has 8 nitrogen and oxygen atoms in total. The van der Waals surface area contributed by atoms with Crippen LogP contribution in [-0.2, 0) is 16.1 Å². The van der Waals surface area contributed by atoms with Crippen LogP contribution in [0.15, 0.2) is 72.8 Å². The zero-order chi connectivity index (χ0) is 24.9. The normalized spacial score (nSPS) is 15.3. The van der Waals surface area contributed by atoms with Crippen molar-refractivity contribution in [3.8, 4) is 11.5 Å². The van der Waals surface area contributed by atoms with E-state index in [-0.39, 0.29) is 18.9 Å². The molecular formula is C27H27N3O5. The molecule has 0 radical (unpaired) electrons. The van der Waals surface area contributed by atoms with Crippen LogP contribution in [0.25, 0.3) is 0 Å². The highest BCUT2D eigenvalue weighted by molar-refractivity contribution is 6.22. The second-order valence-electron chi connectivity index (χ2n) is 8.27. The lowest BCUT2D eigenvalue weighted by molar-refractivity contribution is -0.124. The first-order chi connectivity index (χ1) is 16.9. The molecule has 1 aliphatic rings. The fourth-order valence-electron chi connectivity index (χ4n) is 3.95. The van der Waals surface area contributed by atoms with Crippen molar-refractivity contribution >= 4 is 29.2 Å².